The van der Waals surface area contributed by atoms with E-state index in [9.17, 15) is 4.79 Å². The molecule has 160 valence electrons. The zero-order valence-electron chi connectivity index (χ0n) is 18.7. The van der Waals surface area contributed by atoms with E-state index in [0.717, 1.165) is 32.5 Å². The first-order valence-corrected chi connectivity index (χ1v) is 11.7. The lowest BCUT2D eigenvalue weighted by Crippen LogP contribution is -2.79. The number of nitrogens with one attached hydrogen (secondary N) is 2. The van der Waals surface area contributed by atoms with Crippen molar-refractivity contribution >= 4 is 5.91 Å². The maximum absolute atomic E-state index is 13.6. The Morgan fingerprint density at radius 2 is 1.97 bits per heavy atom. The van der Waals surface area contributed by atoms with E-state index in [1.807, 2.05) is 0 Å². The van der Waals surface area contributed by atoms with E-state index in [2.05, 4.69) is 73.6 Å². The third-order valence-electron chi connectivity index (χ3n) is 7.51. The molecule has 0 radical (unpaired) electrons. The molecule has 5 rings (SSSR count). The maximum atomic E-state index is 13.6. The Bertz CT molecular complexity index is 703. The summed E-state index contributed by atoms with van der Waals surface area (Å²) in [4.78, 5) is 16.4. The number of benzene rings is 1. The number of hydrogen-bond acceptors (Lipinski definition) is 3. The van der Waals surface area contributed by atoms with Gasteiger partial charge in [-0.15, -0.1) is 0 Å². The second-order valence-electron chi connectivity index (χ2n) is 10.5. The standard InChI is InChI=1S/C25H39N3O/c1-17(2)14-26-24(29)25-13-20-10-11-28(16-18(3)4)23(21(20)15-27-25)22(25)12-19-8-6-5-7-9-19/h5-9,17-18,20-23,27H,10-16H2,1-4H3,(H,26,29). The third-order valence-corrected chi connectivity index (χ3v) is 7.51. The molecule has 4 bridgehead atoms. The highest BCUT2D eigenvalue weighted by molar-refractivity contribution is 5.87. The minimum Gasteiger partial charge on any atom is -0.354 e. The molecule has 3 heterocycles. The van der Waals surface area contributed by atoms with Crippen molar-refractivity contribution in [2.24, 2.45) is 29.6 Å². The molecule has 4 heteroatoms. The van der Waals surface area contributed by atoms with Gasteiger partial charge >= 0.3 is 0 Å². The second-order valence-corrected chi connectivity index (χ2v) is 10.5. The van der Waals surface area contributed by atoms with Gasteiger partial charge in [-0.3, -0.25) is 9.69 Å². The molecule has 1 aromatic carbocycles. The van der Waals surface area contributed by atoms with Gasteiger partial charge < -0.3 is 10.6 Å². The van der Waals surface area contributed by atoms with E-state index in [1.165, 1.54) is 18.5 Å². The van der Waals surface area contributed by atoms with Crippen LogP contribution in [0.5, 0.6) is 0 Å². The Morgan fingerprint density at radius 1 is 1.21 bits per heavy atom. The number of hydrogen-bond donors (Lipinski definition) is 2. The van der Waals surface area contributed by atoms with E-state index in [4.69, 9.17) is 0 Å². The van der Waals surface area contributed by atoms with E-state index in [0.29, 0.717) is 35.6 Å². The number of rotatable bonds is 7. The molecule has 3 aliphatic heterocycles. The third kappa shape index (κ3) is 3.98. The van der Waals surface area contributed by atoms with Gasteiger partial charge in [0.05, 0.1) is 0 Å². The van der Waals surface area contributed by atoms with Gasteiger partial charge in [-0.1, -0.05) is 58.0 Å². The summed E-state index contributed by atoms with van der Waals surface area (Å²) in [5, 5.41) is 7.10. The molecule has 1 amide bonds. The molecule has 5 atom stereocenters. The quantitative estimate of drug-likeness (QED) is 0.742. The number of likely N-dealkylation sites (tertiary alicyclic amines) is 1. The highest BCUT2D eigenvalue weighted by Gasteiger charge is 2.62. The number of carbonyl (C=O) groups is 1. The fourth-order valence-electron chi connectivity index (χ4n) is 6.34. The highest BCUT2D eigenvalue weighted by atomic mass is 16.2. The zero-order valence-corrected chi connectivity index (χ0v) is 18.7. The van der Waals surface area contributed by atoms with Crippen molar-refractivity contribution in [3.8, 4) is 0 Å². The van der Waals surface area contributed by atoms with Gasteiger partial charge in [0.1, 0.15) is 5.54 Å². The molecular formula is C25H39N3O. The summed E-state index contributed by atoms with van der Waals surface area (Å²) in [6, 6.07) is 11.3. The first-order valence-electron chi connectivity index (χ1n) is 11.7. The lowest BCUT2D eigenvalue weighted by atomic mass is 9.53. The lowest BCUT2D eigenvalue weighted by Gasteiger charge is -2.64. The normalized spacial score (nSPS) is 34.0. The molecule has 5 unspecified atom stereocenters. The van der Waals surface area contributed by atoms with Crippen LogP contribution in [0.25, 0.3) is 0 Å². The molecule has 3 saturated heterocycles. The minimum absolute atomic E-state index is 0.242. The van der Waals surface area contributed by atoms with Crippen molar-refractivity contribution in [3.05, 3.63) is 35.9 Å². The molecule has 1 aliphatic carbocycles. The molecule has 4 aliphatic rings. The average molecular weight is 398 g/mol. The molecule has 29 heavy (non-hydrogen) atoms. The van der Waals surface area contributed by atoms with Crippen molar-refractivity contribution in [3.63, 3.8) is 0 Å². The first kappa shape index (κ1) is 20.9. The molecule has 1 saturated carbocycles. The smallest absolute Gasteiger partial charge is 0.240 e. The predicted molar refractivity (Wildman–Crippen MR) is 119 cm³/mol. The lowest BCUT2D eigenvalue weighted by molar-refractivity contribution is -0.154. The Hall–Kier alpha value is -1.39. The van der Waals surface area contributed by atoms with Gasteiger partial charge in [-0.05, 0) is 55.0 Å². The summed E-state index contributed by atoms with van der Waals surface area (Å²) >= 11 is 0. The fourth-order valence-corrected chi connectivity index (χ4v) is 6.34. The summed E-state index contributed by atoms with van der Waals surface area (Å²) < 4.78 is 0. The maximum Gasteiger partial charge on any atom is 0.240 e. The van der Waals surface area contributed by atoms with Gasteiger partial charge in [0.2, 0.25) is 5.91 Å². The molecule has 2 N–H and O–H groups in total. The summed E-state index contributed by atoms with van der Waals surface area (Å²) in [6.07, 6.45) is 3.23. The van der Waals surface area contributed by atoms with Crippen LogP contribution >= 0.6 is 0 Å². The Morgan fingerprint density at radius 3 is 2.66 bits per heavy atom. The number of amides is 1. The summed E-state index contributed by atoms with van der Waals surface area (Å²) in [5.74, 6) is 3.05. The SMILES string of the molecule is CC(C)CNC(=O)C12CC3CCN(CC(C)C)C(C3CN1)C2Cc1ccccc1. The van der Waals surface area contributed by atoms with Crippen molar-refractivity contribution in [1.82, 2.24) is 15.5 Å². The van der Waals surface area contributed by atoms with Crippen LogP contribution in [-0.4, -0.2) is 48.6 Å². The van der Waals surface area contributed by atoms with E-state index >= 15 is 0 Å². The van der Waals surface area contributed by atoms with Crippen LogP contribution in [0.1, 0.15) is 46.1 Å². The monoisotopic (exact) mass is 397 g/mol. The fraction of sp³-hybridized carbons (Fsp3) is 0.720. The zero-order chi connectivity index (χ0) is 20.6. The van der Waals surface area contributed by atoms with Gasteiger partial charge in [0.15, 0.2) is 0 Å². The largest absolute Gasteiger partial charge is 0.354 e. The van der Waals surface area contributed by atoms with Gasteiger partial charge in [-0.2, -0.15) is 0 Å². The van der Waals surface area contributed by atoms with Crippen molar-refractivity contribution in [2.75, 3.05) is 26.2 Å². The van der Waals surface area contributed by atoms with Gasteiger partial charge in [-0.25, -0.2) is 0 Å². The van der Waals surface area contributed by atoms with E-state index in [-0.39, 0.29) is 5.91 Å². The topological polar surface area (TPSA) is 44.4 Å². The van der Waals surface area contributed by atoms with Gasteiger partial charge in [0, 0.05) is 31.6 Å². The number of carbonyl (C=O) groups excluding carboxylic acids is 1. The van der Waals surface area contributed by atoms with Crippen LogP contribution in [0.15, 0.2) is 30.3 Å². The molecule has 4 nitrogen and oxygen atoms in total. The van der Waals surface area contributed by atoms with Crippen LogP contribution in [0, 0.1) is 29.6 Å². The molecule has 1 aromatic rings. The van der Waals surface area contributed by atoms with Crippen LogP contribution < -0.4 is 10.6 Å². The molecule has 4 fully saturated rings. The summed E-state index contributed by atoms with van der Waals surface area (Å²) in [7, 11) is 0. The summed E-state index contributed by atoms with van der Waals surface area (Å²) in [6.45, 7) is 13.1. The Labute approximate surface area is 176 Å². The molecule has 0 aromatic heterocycles. The van der Waals surface area contributed by atoms with Crippen LogP contribution in [-0.2, 0) is 11.2 Å². The van der Waals surface area contributed by atoms with Gasteiger partial charge in [0.25, 0.3) is 0 Å². The van der Waals surface area contributed by atoms with E-state index in [1.54, 1.807) is 0 Å². The highest BCUT2D eigenvalue weighted by Crippen LogP contribution is 2.52. The Balaban J connectivity index is 1.68. The number of nitrogens with zero attached hydrogens (tertiary/aromatic N) is 1. The van der Waals surface area contributed by atoms with E-state index < -0.39 is 5.54 Å². The molecule has 0 spiro atoms. The number of fused-ring (bicyclic) bond motifs is 1. The summed E-state index contributed by atoms with van der Waals surface area (Å²) in [5.41, 5.74) is 0.930. The number of piperidine rings is 3. The molecular weight excluding hydrogens is 358 g/mol. The second kappa shape index (κ2) is 8.39. The Kier molecular flexibility index (Phi) is 6.04. The first-order chi connectivity index (χ1) is 13.9. The van der Waals surface area contributed by atoms with Crippen molar-refractivity contribution < 1.29 is 4.79 Å². The minimum atomic E-state index is -0.426. The van der Waals surface area contributed by atoms with Crippen molar-refractivity contribution in [2.45, 2.75) is 58.5 Å². The predicted octanol–water partition coefficient (Wildman–Crippen LogP) is 3.33. The van der Waals surface area contributed by atoms with Crippen LogP contribution in [0.4, 0.5) is 0 Å². The van der Waals surface area contributed by atoms with Crippen LogP contribution in [0.3, 0.4) is 0 Å². The van der Waals surface area contributed by atoms with Crippen LogP contribution in [0.2, 0.25) is 0 Å². The van der Waals surface area contributed by atoms with Crippen molar-refractivity contribution in [1.29, 1.82) is 0 Å². The average Bonchev–Trinajstić information content (AvgIpc) is 2.70.